The van der Waals surface area contributed by atoms with Crippen LogP contribution in [0.4, 0.5) is 4.79 Å². The summed E-state index contributed by atoms with van der Waals surface area (Å²) in [4.78, 5) is 37.9. The Morgan fingerprint density at radius 1 is 1.06 bits per heavy atom. The van der Waals surface area contributed by atoms with Gasteiger partial charge in [0.15, 0.2) is 0 Å². The number of alkyl carbamates (subject to hydrolysis) is 1. The summed E-state index contributed by atoms with van der Waals surface area (Å²) >= 11 is 0. The number of rotatable bonds is 10. The highest BCUT2D eigenvalue weighted by Crippen LogP contribution is 2.44. The van der Waals surface area contributed by atoms with Crippen LogP contribution in [0.25, 0.3) is 11.1 Å². The molecule has 0 saturated carbocycles. The molecule has 1 unspecified atom stereocenters. The van der Waals surface area contributed by atoms with Crippen LogP contribution in [0, 0.1) is 5.92 Å². The van der Waals surface area contributed by atoms with Crippen LogP contribution in [0.1, 0.15) is 50.2 Å². The zero-order valence-electron chi connectivity index (χ0n) is 19.4. The summed E-state index contributed by atoms with van der Waals surface area (Å²) in [5.41, 5.74) is 4.55. The van der Waals surface area contributed by atoms with Crippen molar-refractivity contribution in [3.05, 3.63) is 59.7 Å². The van der Waals surface area contributed by atoms with Gasteiger partial charge in [-0.15, -0.1) is 0 Å². The Hall–Kier alpha value is -3.35. The van der Waals surface area contributed by atoms with Gasteiger partial charge in [-0.1, -0.05) is 68.8 Å². The molecule has 0 spiro atoms. The highest BCUT2D eigenvalue weighted by Gasteiger charge is 2.31. The lowest BCUT2D eigenvalue weighted by Gasteiger charge is -2.28. The average Bonchev–Trinajstić information content (AvgIpc) is 3.13. The molecule has 176 valence electrons. The molecule has 7 heteroatoms. The van der Waals surface area contributed by atoms with Crippen molar-refractivity contribution in [3.8, 4) is 11.1 Å². The minimum Gasteiger partial charge on any atom is -0.481 e. The second-order valence-electron chi connectivity index (χ2n) is 8.59. The maximum atomic E-state index is 13.0. The lowest BCUT2D eigenvalue weighted by atomic mass is 9.97. The van der Waals surface area contributed by atoms with Crippen molar-refractivity contribution in [2.75, 3.05) is 20.2 Å². The van der Waals surface area contributed by atoms with Gasteiger partial charge in [-0.05, 0) is 34.6 Å². The van der Waals surface area contributed by atoms with Gasteiger partial charge in [0.05, 0.1) is 0 Å². The molecule has 2 atom stereocenters. The van der Waals surface area contributed by atoms with E-state index < -0.39 is 18.1 Å². The number of nitrogens with zero attached hydrogens (tertiary/aromatic N) is 1. The SMILES string of the molecule is CCC(C)[C@H](NC(=O)OCC1c2ccccc2-c2ccccc21)C(=O)N(C)CCCC(=O)O. The number of likely N-dealkylation sites (N-methyl/N-ethyl adjacent to an activating group) is 1. The van der Waals surface area contributed by atoms with Crippen LogP contribution < -0.4 is 5.32 Å². The number of carbonyl (C=O) groups excluding carboxylic acids is 2. The molecular weight excluding hydrogens is 420 g/mol. The van der Waals surface area contributed by atoms with E-state index in [1.807, 2.05) is 38.1 Å². The van der Waals surface area contributed by atoms with Gasteiger partial charge in [0.1, 0.15) is 12.6 Å². The van der Waals surface area contributed by atoms with Crippen LogP contribution in [0.2, 0.25) is 0 Å². The first kappa shape index (κ1) is 24.3. The van der Waals surface area contributed by atoms with E-state index >= 15 is 0 Å². The van der Waals surface area contributed by atoms with Gasteiger partial charge < -0.3 is 20.1 Å². The van der Waals surface area contributed by atoms with Crippen molar-refractivity contribution < 1.29 is 24.2 Å². The molecule has 2 aromatic rings. The minimum absolute atomic E-state index is 0.00851. The smallest absolute Gasteiger partial charge is 0.407 e. The zero-order valence-corrected chi connectivity index (χ0v) is 19.4. The standard InChI is InChI=1S/C26H32N2O5/c1-4-17(2)24(25(31)28(3)15-9-14-23(29)30)27-26(32)33-16-22-20-12-7-5-10-18(20)19-11-6-8-13-21(19)22/h5-8,10-13,17,22,24H,4,9,14-16H2,1-3H3,(H,27,32)(H,29,30)/t17?,24-/m0/s1. The van der Waals surface area contributed by atoms with Crippen LogP contribution in [0.5, 0.6) is 0 Å². The van der Waals surface area contributed by atoms with Crippen LogP contribution in [0.15, 0.2) is 48.5 Å². The third kappa shape index (κ3) is 5.72. The van der Waals surface area contributed by atoms with Crippen molar-refractivity contribution >= 4 is 18.0 Å². The fourth-order valence-electron chi connectivity index (χ4n) is 4.27. The number of hydrogen-bond acceptors (Lipinski definition) is 4. The Morgan fingerprint density at radius 2 is 1.64 bits per heavy atom. The fourth-order valence-corrected chi connectivity index (χ4v) is 4.27. The van der Waals surface area contributed by atoms with Crippen molar-refractivity contribution in [2.45, 2.75) is 45.1 Å². The Kier molecular flexibility index (Phi) is 8.09. The monoisotopic (exact) mass is 452 g/mol. The Labute approximate surface area is 194 Å². The molecule has 1 aliphatic rings. The molecule has 2 N–H and O–H groups in total. The number of ether oxygens (including phenoxy) is 1. The number of benzene rings is 2. The van der Waals surface area contributed by atoms with Crippen LogP contribution in [-0.4, -0.2) is 54.2 Å². The first-order valence-electron chi connectivity index (χ1n) is 11.4. The summed E-state index contributed by atoms with van der Waals surface area (Å²) in [6, 6.07) is 15.5. The number of nitrogens with one attached hydrogen (secondary N) is 1. The zero-order chi connectivity index (χ0) is 24.0. The van der Waals surface area contributed by atoms with E-state index in [9.17, 15) is 14.4 Å². The molecule has 0 aromatic heterocycles. The van der Waals surface area contributed by atoms with E-state index in [2.05, 4.69) is 29.6 Å². The molecule has 7 nitrogen and oxygen atoms in total. The summed E-state index contributed by atoms with van der Waals surface area (Å²) in [5.74, 6) is -1.30. The Balaban J connectivity index is 1.64. The summed E-state index contributed by atoms with van der Waals surface area (Å²) < 4.78 is 5.61. The second-order valence-corrected chi connectivity index (χ2v) is 8.59. The molecule has 0 aliphatic heterocycles. The first-order valence-corrected chi connectivity index (χ1v) is 11.4. The van der Waals surface area contributed by atoms with Gasteiger partial charge in [0, 0.05) is 25.9 Å². The van der Waals surface area contributed by atoms with Crippen molar-refractivity contribution in [3.63, 3.8) is 0 Å². The van der Waals surface area contributed by atoms with E-state index in [-0.39, 0.29) is 30.8 Å². The Morgan fingerprint density at radius 3 is 2.18 bits per heavy atom. The van der Waals surface area contributed by atoms with Gasteiger partial charge in [-0.2, -0.15) is 0 Å². The summed E-state index contributed by atoms with van der Waals surface area (Å²) in [5, 5.41) is 11.6. The van der Waals surface area contributed by atoms with E-state index in [1.165, 1.54) is 4.90 Å². The highest BCUT2D eigenvalue weighted by molar-refractivity contribution is 5.86. The van der Waals surface area contributed by atoms with Crippen LogP contribution in [0.3, 0.4) is 0 Å². The molecule has 0 saturated heterocycles. The molecule has 0 heterocycles. The molecular formula is C26H32N2O5. The van der Waals surface area contributed by atoms with E-state index in [1.54, 1.807) is 7.05 Å². The molecule has 0 fully saturated rings. The third-order valence-electron chi connectivity index (χ3n) is 6.36. The number of amides is 2. The van der Waals surface area contributed by atoms with E-state index in [0.717, 1.165) is 22.3 Å². The molecule has 0 radical (unpaired) electrons. The van der Waals surface area contributed by atoms with Crippen LogP contribution >= 0.6 is 0 Å². The third-order valence-corrected chi connectivity index (χ3v) is 6.36. The Bertz CT molecular complexity index is 960. The summed E-state index contributed by atoms with van der Waals surface area (Å²) in [6.45, 7) is 4.34. The normalized spacial score (nSPS) is 14.0. The number of hydrogen-bond donors (Lipinski definition) is 2. The van der Waals surface area contributed by atoms with Gasteiger partial charge in [0.2, 0.25) is 5.91 Å². The van der Waals surface area contributed by atoms with Gasteiger partial charge in [-0.25, -0.2) is 4.79 Å². The summed E-state index contributed by atoms with van der Waals surface area (Å²) in [6.07, 6.45) is 0.416. The lowest BCUT2D eigenvalue weighted by molar-refractivity contribution is -0.138. The van der Waals surface area contributed by atoms with Crippen molar-refractivity contribution in [1.82, 2.24) is 10.2 Å². The van der Waals surface area contributed by atoms with Gasteiger partial charge >= 0.3 is 12.1 Å². The molecule has 2 aromatic carbocycles. The van der Waals surface area contributed by atoms with Crippen molar-refractivity contribution in [1.29, 1.82) is 0 Å². The topological polar surface area (TPSA) is 95.9 Å². The maximum absolute atomic E-state index is 13.0. The molecule has 2 amide bonds. The lowest BCUT2D eigenvalue weighted by Crippen LogP contribution is -2.51. The van der Waals surface area contributed by atoms with Crippen molar-refractivity contribution in [2.24, 2.45) is 5.92 Å². The second kappa shape index (κ2) is 11.0. The quantitative estimate of drug-likeness (QED) is 0.561. The number of carbonyl (C=O) groups is 3. The summed E-state index contributed by atoms with van der Waals surface area (Å²) in [7, 11) is 1.62. The molecule has 33 heavy (non-hydrogen) atoms. The maximum Gasteiger partial charge on any atom is 0.407 e. The molecule has 0 bridgehead atoms. The highest BCUT2D eigenvalue weighted by atomic mass is 16.5. The number of carboxylic acids is 1. The number of fused-ring (bicyclic) bond motifs is 3. The fraction of sp³-hybridized carbons (Fsp3) is 0.423. The average molecular weight is 453 g/mol. The largest absolute Gasteiger partial charge is 0.481 e. The molecule has 3 rings (SSSR count). The minimum atomic E-state index is -0.897. The van der Waals surface area contributed by atoms with E-state index in [4.69, 9.17) is 9.84 Å². The van der Waals surface area contributed by atoms with Gasteiger partial charge in [-0.3, -0.25) is 9.59 Å². The predicted octanol–water partition coefficient (Wildman–Crippen LogP) is 4.26. The van der Waals surface area contributed by atoms with Gasteiger partial charge in [0.25, 0.3) is 0 Å². The number of carboxylic acid groups (broad SMARTS) is 1. The molecule has 1 aliphatic carbocycles. The number of aliphatic carboxylic acids is 1. The predicted molar refractivity (Wildman–Crippen MR) is 126 cm³/mol. The van der Waals surface area contributed by atoms with E-state index in [0.29, 0.717) is 19.4 Å². The first-order chi connectivity index (χ1) is 15.8. The van der Waals surface area contributed by atoms with Crippen LogP contribution in [-0.2, 0) is 14.3 Å².